The Labute approximate surface area is 95.6 Å². The highest BCUT2D eigenvalue weighted by molar-refractivity contribution is 14.1. The van der Waals surface area contributed by atoms with Gasteiger partial charge in [0.1, 0.15) is 5.82 Å². The van der Waals surface area contributed by atoms with E-state index in [2.05, 4.69) is 15.9 Å². The lowest BCUT2D eigenvalue weighted by molar-refractivity contribution is 0.107. The minimum atomic E-state index is -0.661. The predicted molar refractivity (Wildman–Crippen MR) is 57.0 cm³/mol. The van der Waals surface area contributed by atoms with Crippen LogP contribution < -0.4 is 0 Å². The van der Waals surface area contributed by atoms with Gasteiger partial charge in [-0.2, -0.15) is 0 Å². The monoisotopic (exact) mass is 362 g/mol. The van der Waals surface area contributed by atoms with Crippen molar-refractivity contribution in [1.29, 1.82) is 0 Å². The van der Waals surface area contributed by atoms with Crippen LogP contribution >= 0.6 is 50.1 Å². The third kappa shape index (κ3) is 1.97. The Hall–Kier alpha value is 0.320. The van der Waals surface area contributed by atoms with Gasteiger partial charge in [0.05, 0.1) is 9.13 Å². The summed E-state index contributed by atoms with van der Waals surface area (Å²) in [5.74, 6) is -0.442. The number of halogens is 4. The number of benzene rings is 1. The first-order chi connectivity index (χ1) is 5.54. The van der Waals surface area contributed by atoms with Crippen LogP contribution in [0.3, 0.4) is 0 Å². The van der Waals surface area contributed by atoms with E-state index in [0.717, 1.165) is 0 Å². The van der Waals surface area contributed by atoms with E-state index in [1.807, 2.05) is 0 Å². The second-order valence-electron chi connectivity index (χ2n) is 1.99. The first kappa shape index (κ1) is 10.4. The molecule has 5 heteroatoms. The molecule has 64 valence electrons. The summed E-state index contributed by atoms with van der Waals surface area (Å²) in [7, 11) is 0. The molecule has 0 aromatic heterocycles. The zero-order chi connectivity index (χ0) is 9.30. The molecule has 1 aromatic carbocycles. The van der Waals surface area contributed by atoms with Crippen molar-refractivity contribution in [3.05, 3.63) is 31.6 Å². The quantitative estimate of drug-likeness (QED) is 0.424. The summed E-state index contributed by atoms with van der Waals surface area (Å²) in [5, 5.41) is -0.661. The molecule has 0 amide bonds. The van der Waals surface area contributed by atoms with Gasteiger partial charge < -0.3 is 0 Å². The van der Waals surface area contributed by atoms with E-state index in [9.17, 15) is 9.18 Å². The maximum Gasteiger partial charge on any atom is 0.254 e. The lowest BCUT2D eigenvalue weighted by Gasteiger charge is -2.02. The van der Waals surface area contributed by atoms with Gasteiger partial charge in [-0.1, -0.05) is 0 Å². The minimum absolute atomic E-state index is 0.178. The van der Waals surface area contributed by atoms with Crippen LogP contribution in [0.25, 0.3) is 0 Å². The van der Waals surface area contributed by atoms with Gasteiger partial charge in [-0.05, 0) is 62.3 Å². The Morgan fingerprint density at radius 3 is 2.58 bits per heavy atom. The van der Waals surface area contributed by atoms with Gasteiger partial charge in [0.25, 0.3) is 5.24 Å². The Bertz CT molecular complexity index is 342. The molecule has 0 unspecified atom stereocenters. The van der Waals surface area contributed by atoms with Gasteiger partial charge in [0.15, 0.2) is 0 Å². The summed E-state index contributed by atoms with van der Waals surface area (Å²) in [6.45, 7) is 0. The summed E-state index contributed by atoms with van der Waals surface area (Å²) in [6.07, 6.45) is 0. The van der Waals surface area contributed by atoms with E-state index in [1.165, 1.54) is 12.1 Å². The Balaban J connectivity index is 3.43. The third-order valence-corrected chi connectivity index (χ3v) is 3.15. The standard InChI is InChI=1S/C7H2BrClFIO/c8-3-1-2-4(10)6(11)5(3)7(9)12/h1-2H. The smallest absolute Gasteiger partial charge is 0.254 e. The summed E-state index contributed by atoms with van der Waals surface area (Å²) in [5.41, 5.74) is 0.178. The molecule has 1 aromatic rings. The van der Waals surface area contributed by atoms with Crippen molar-refractivity contribution >= 4 is 55.4 Å². The highest BCUT2D eigenvalue weighted by Gasteiger charge is 2.14. The van der Waals surface area contributed by atoms with Crippen molar-refractivity contribution in [2.75, 3.05) is 0 Å². The molecule has 0 atom stereocenters. The predicted octanol–water partition coefficient (Wildman–Crippen LogP) is 3.57. The van der Waals surface area contributed by atoms with Crippen molar-refractivity contribution in [1.82, 2.24) is 0 Å². The summed E-state index contributed by atoms with van der Waals surface area (Å²) < 4.78 is 13.6. The third-order valence-electron chi connectivity index (χ3n) is 1.24. The number of carbonyl (C=O) groups excluding carboxylic acids is 1. The normalized spacial score (nSPS) is 10.0. The number of carbonyl (C=O) groups is 1. The van der Waals surface area contributed by atoms with Gasteiger partial charge >= 0.3 is 0 Å². The van der Waals surface area contributed by atoms with E-state index in [0.29, 0.717) is 4.47 Å². The second kappa shape index (κ2) is 4.02. The van der Waals surface area contributed by atoms with Crippen LogP contribution in [0.2, 0.25) is 0 Å². The SMILES string of the molecule is O=C(Cl)c1c(Br)ccc(F)c1I. The zero-order valence-corrected chi connectivity index (χ0v) is 10.1. The first-order valence-corrected chi connectivity index (χ1v) is 5.12. The highest BCUT2D eigenvalue weighted by atomic mass is 127. The van der Waals surface area contributed by atoms with Crippen LogP contribution in [0.4, 0.5) is 4.39 Å². The number of hydrogen-bond donors (Lipinski definition) is 0. The maximum atomic E-state index is 12.9. The number of hydrogen-bond acceptors (Lipinski definition) is 1. The fourth-order valence-corrected chi connectivity index (χ4v) is 2.77. The maximum absolute atomic E-state index is 12.9. The molecular formula is C7H2BrClFIO. The lowest BCUT2D eigenvalue weighted by Crippen LogP contribution is -1.97. The molecule has 0 N–H and O–H groups in total. The van der Waals surface area contributed by atoms with Crippen LogP contribution in [-0.4, -0.2) is 5.24 Å². The van der Waals surface area contributed by atoms with Gasteiger partial charge in [-0.15, -0.1) is 0 Å². The molecule has 0 aliphatic heterocycles. The van der Waals surface area contributed by atoms with E-state index in [-0.39, 0.29) is 9.13 Å². The molecule has 0 aliphatic rings. The largest absolute Gasteiger partial charge is 0.276 e. The molecule has 0 saturated heterocycles. The molecule has 0 bridgehead atoms. The highest BCUT2D eigenvalue weighted by Crippen LogP contribution is 2.26. The molecule has 0 radical (unpaired) electrons. The minimum Gasteiger partial charge on any atom is -0.276 e. The fraction of sp³-hybridized carbons (Fsp3) is 0. The van der Waals surface area contributed by atoms with Crippen molar-refractivity contribution in [2.45, 2.75) is 0 Å². The lowest BCUT2D eigenvalue weighted by atomic mass is 10.2. The molecule has 0 aliphatic carbocycles. The van der Waals surface area contributed by atoms with E-state index in [4.69, 9.17) is 11.6 Å². The van der Waals surface area contributed by atoms with Crippen molar-refractivity contribution in [2.24, 2.45) is 0 Å². The number of rotatable bonds is 1. The Kier molecular flexibility index (Phi) is 3.48. The molecule has 0 fully saturated rings. The van der Waals surface area contributed by atoms with Gasteiger partial charge in [0, 0.05) is 4.47 Å². The fourth-order valence-electron chi connectivity index (χ4n) is 0.707. The van der Waals surface area contributed by atoms with Gasteiger partial charge in [0.2, 0.25) is 0 Å². The van der Waals surface area contributed by atoms with E-state index in [1.54, 1.807) is 22.6 Å². The van der Waals surface area contributed by atoms with Crippen molar-refractivity contribution in [3.8, 4) is 0 Å². The summed E-state index contributed by atoms with van der Waals surface area (Å²) in [6, 6.07) is 2.72. The molecule has 0 heterocycles. The van der Waals surface area contributed by atoms with Gasteiger partial charge in [-0.25, -0.2) is 4.39 Å². The van der Waals surface area contributed by atoms with Crippen LogP contribution in [0.1, 0.15) is 10.4 Å². The Morgan fingerprint density at radius 2 is 2.17 bits per heavy atom. The van der Waals surface area contributed by atoms with E-state index < -0.39 is 11.1 Å². The summed E-state index contributed by atoms with van der Waals surface area (Å²) in [4.78, 5) is 10.8. The summed E-state index contributed by atoms with van der Waals surface area (Å²) >= 11 is 10.1. The molecule has 0 saturated carbocycles. The van der Waals surface area contributed by atoms with E-state index >= 15 is 0 Å². The van der Waals surface area contributed by atoms with Crippen LogP contribution in [0.5, 0.6) is 0 Å². The van der Waals surface area contributed by atoms with Crippen molar-refractivity contribution < 1.29 is 9.18 Å². The molecule has 1 nitrogen and oxygen atoms in total. The van der Waals surface area contributed by atoms with Crippen molar-refractivity contribution in [3.63, 3.8) is 0 Å². The second-order valence-corrected chi connectivity index (χ2v) is 4.27. The molecular weight excluding hydrogens is 361 g/mol. The van der Waals surface area contributed by atoms with Crippen LogP contribution in [-0.2, 0) is 0 Å². The molecule has 1 rings (SSSR count). The average Bonchev–Trinajstić information content (AvgIpc) is 1.97. The van der Waals surface area contributed by atoms with Gasteiger partial charge in [-0.3, -0.25) is 4.79 Å². The van der Waals surface area contributed by atoms with Crippen LogP contribution in [0, 0.1) is 9.39 Å². The molecule has 12 heavy (non-hydrogen) atoms. The van der Waals surface area contributed by atoms with Crippen LogP contribution in [0.15, 0.2) is 16.6 Å². The zero-order valence-electron chi connectivity index (χ0n) is 5.57. The molecule has 0 spiro atoms. The first-order valence-electron chi connectivity index (χ1n) is 2.87. The topological polar surface area (TPSA) is 17.1 Å². The average molecular weight is 363 g/mol. The Morgan fingerprint density at radius 1 is 1.58 bits per heavy atom.